The van der Waals surface area contributed by atoms with Gasteiger partial charge in [0.1, 0.15) is 23.0 Å². The van der Waals surface area contributed by atoms with Crippen LogP contribution in [0.4, 0.5) is 0 Å². The fourth-order valence-electron chi connectivity index (χ4n) is 1.94. The van der Waals surface area contributed by atoms with Gasteiger partial charge < -0.3 is 19.7 Å². The van der Waals surface area contributed by atoms with Crippen LogP contribution < -0.4 is 9.47 Å². The monoisotopic (exact) mass is 300 g/mol. The van der Waals surface area contributed by atoms with Gasteiger partial charge in [0.2, 0.25) is 0 Å². The highest BCUT2D eigenvalue weighted by molar-refractivity contribution is 6.07. The summed E-state index contributed by atoms with van der Waals surface area (Å²) in [6, 6.07) is 9.23. The second kappa shape index (κ2) is 6.67. The molecule has 5 nitrogen and oxygen atoms in total. The van der Waals surface area contributed by atoms with Crippen LogP contribution in [0.1, 0.15) is 15.9 Å². The van der Waals surface area contributed by atoms with E-state index in [0.717, 1.165) is 0 Å². The van der Waals surface area contributed by atoms with Crippen molar-refractivity contribution in [1.82, 2.24) is 0 Å². The molecule has 2 rings (SSSR count). The van der Waals surface area contributed by atoms with Crippen molar-refractivity contribution in [3.63, 3.8) is 0 Å². The summed E-state index contributed by atoms with van der Waals surface area (Å²) >= 11 is 0. The van der Waals surface area contributed by atoms with Crippen molar-refractivity contribution in [2.24, 2.45) is 0 Å². The number of allylic oxidation sites excluding steroid dienone is 1. The van der Waals surface area contributed by atoms with Crippen molar-refractivity contribution in [2.45, 2.75) is 0 Å². The van der Waals surface area contributed by atoms with Gasteiger partial charge in [-0.2, -0.15) is 0 Å². The van der Waals surface area contributed by atoms with Crippen molar-refractivity contribution in [3.05, 3.63) is 53.6 Å². The molecule has 2 aromatic rings. The van der Waals surface area contributed by atoms with Crippen LogP contribution in [0.15, 0.2) is 42.5 Å². The van der Waals surface area contributed by atoms with Crippen molar-refractivity contribution in [3.8, 4) is 23.0 Å². The molecule has 0 aliphatic rings. The average Bonchev–Trinajstić information content (AvgIpc) is 2.53. The van der Waals surface area contributed by atoms with Gasteiger partial charge >= 0.3 is 0 Å². The minimum atomic E-state index is -0.225. The Hall–Kier alpha value is -2.95. The first-order chi connectivity index (χ1) is 10.5. The smallest absolute Gasteiger partial charge is 0.185 e. The van der Waals surface area contributed by atoms with E-state index < -0.39 is 0 Å². The number of methoxy groups -OCH3 is 2. The minimum absolute atomic E-state index is 0.118. The summed E-state index contributed by atoms with van der Waals surface area (Å²) in [4.78, 5) is 12.1. The zero-order valence-electron chi connectivity index (χ0n) is 12.2. The van der Waals surface area contributed by atoms with Gasteiger partial charge in [-0.15, -0.1) is 0 Å². The van der Waals surface area contributed by atoms with Gasteiger partial charge in [-0.05, 0) is 36.4 Å². The first-order valence-corrected chi connectivity index (χ1v) is 6.51. The second-order valence-electron chi connectivity index (χ2n) is 4.51. The molecule has 0 spiro atoms. The lowest BCUT2D eigenvalue weighted by molar-refractivity contribution is 0.104. The molecule has 5 heteroatoms. The van der Waals surface area contributed by atoms with Crippen LogP contribution in [0.5, 0.6) is 23.0 Å². The van der Waals surface area contributed by atoms with E-state index in [1.165, 1.54) is 31.4 Å². The topological polar surface area (TPSA) is 76.0 Å². The molecule has 0 bridgehead atoms. The molecule has 114 valence electrons. The summed E-state index contributed by atoms with van der Waals surface area (Å²) < 4.78 is 10.1. The highest BCUT2D eigenvalue weighted by Crippen LogP contribution is 2.33. The van der Waals surface area contributed by atoms with Gasteiger partial charge in [-0.25, -0.2) is 0 Å². The Balaban J connectivity index is 2.25. The van der Waals surface area contributed by atoms with Crippen LogP contribution in [0.25, 0.3) is 6.08 Å². The number of ketones is 1. The summed E-state index contributed by atoms with van der Waals surface area (Å²) in [6.07, 6.45) is 2.77. The molecule has 0 atom stereocenters. The van der Waals surface area contributed by atoms with Crippen LogP contribution in [-0.2, 0) is 0 Å². The predicted octanol–water partition coefficient (Wildman–Crippen LogP) is 3.01. The van der Waals surface area contributed by atoms with Gasteiger partial charge in [-0.1, -0.05) is 0 Å². The Morgan fingerprint density at radius 1 is 1.05 bits per heavy atom. The number of benzene rings is 2. The standard InChI is InChI=1S/C17H16O5/c1-21-13-5-3-11(4-6-13)15(19)8-7-14-16(20)9-12(18)10-17(14)22-2/h3-10,18,20H,1-2H3. The molecule has 0 amide bonds. The van der Waals surface area contributed by atoms with E-state index >= 15 is 0 Å². The quantitative estimate of drug-likeness (QED) is 0.655. The van der Waals surface area contributed by atoms with Crippen LogP contribution in [0.2, 0.25) is 0 Å². The third-order valence-electron chi connectivity index (χ3n) is 3.10. The number of carbonyl (C=O) groups excluding carboxylic acids is 1. The van der Waals surface area contributed by atoms with E-state index in [9.17, 15) is 15.0 Å². The summed E-state index contributed by atoms with van der Waals surface area (Å²) in [7, 11) is 2.97. The van der Waals surface area contributed by atoms with E-state index in [2.05, 4.69) is 0 Å². The minimum Gasteiger partial charge on any atom is -0.508 e. The number of hydrogen-bond acceptors (Lipinski definition) is 5. The zero-order chi connectivity index (χ0) is 16.1. The third-order valence-corrected chi connectivity index (χ3v) is 3.10. The summed E-state index contributed by atoms with van der Waals surface area (Å²) in [5.41, 5.74) is 0.816. The van der Waals surface area contributed by atoms with Crippen LogP contribution in [-0.4, -0.2) is 30.2 Å². The Morgan fingerprint density at radius 3 is 2.32 bits per heavy atom. The average molecular weight is 300 g/mol. The van der Waals surface area contributed by atoms with Crippen LogP contribution in [0, 0.1) is 0 Å². The number of carbonyl (C=O) groups is 1. The van der Waals surface area contributed by atoms with E-state index in [0.29, 0.717) is 16.9 Å². The third kappa shape index (κ3) is 3.38. The van der Waals surface area contributed by atoms with E-state index in [1.54, 1.807) is 31.4 Å². The molecule has 0 saturated heterocycles. The number of rotatable bonds is 5. The lowest BCUT2D eigenvalue weighted by Gasteiger charge is -2.07. The molecule has 22 heavy (non-hydrogen) atoms. The largest absolute Gasteiger partial charge is 0.508 e. The van der Waals surface area contributed by atoms with Crippen molar-refractivity contribution in [1.29, 1.82) is 0 Å². The molecule has 0 radical (unpaired) electrons. The first-order valence-electron chi connectivity index (χ1n) is 6.51. The number of aromatic hydroxyl groups is 2. The first kappa shape index (κ1) is 15.4. The molecule has 0 saturated carbocycles. The fraction of sp³-hybridized carbons (Fsp3) is 0.118. The summed E-state index contributed by atoms with van der Waals surface area (Å²) in [5, 5.41) is 19.2. The molecule has 2 aromatic carbocycles. The lowest BCUT2D eigenvalue weighted by Crippen LogP contribution is -1.95. The maximum absolute atomic E-state index is 12.1. The maximum Gasteiger partial charge on any atom is 0.185 e. The van der Waals surface area contributed by atoms with E-state index in [4.69, 9.17) is 9.47 Å². The van der Waals surface area contributed by atoms with Gasteiger partial charge in [0.05, 0.1) is 19.8 Å². The Morgan fingerprint density at radius 2 is 1.73 bits per heavy atom. The van der Waals surface area contributed by atoms with Crippen LogP contribution >= 0.6 is 0 Å². The Bertz CT molecular complexity index is 702. The molecule has 0 aliphatic carbocycles. The highest BCUT2D eigenvalue weighted by atomic mass is 16.5. The molecule has 0 aliphatic heterocycles. The van der Waals surface area contributed by atoms with E-state index in [1.807, 2.05) is 0 Å². The Labute approximate surface area is 128 Å². The zero-order valence-corrected chi connectivity index (χ0v) is 12.2. The summed E-state index contributed by atoms with van der Waals surface area (Å²) in [6.45, 7) is 0. The molecule has 0 unspecified atom stereocenters. The van der Waals surface area contributed by atoms with Gasteiger partial charge in [0.25, 0.3) is 0 Å². The molecule has 0 fully saturated rings. The fourth-order valence-corrected chi connectivity index (χ4v) is 1.94. The molecule has 2 N–H and O–H groups in total. The number of hydrogen-bond donors (Lipinski definition) is 2. The summed E-state index contributed by atoms with van der Waals surface area (Å²) in [5.74, 6) is 0.426. The maximum atomic E-state index is 12.1. The van der Waals surface area contributed by atoms with Gasteiger partial charge in [-0.3, -0.25) is 4.79 Å². The van der Waals surface area contributed by atoms with Crippen molar-refractivity contribution in [2.75, 3.05) is 14.2 Å². The normalized spacial score (nSPS) is 10.6. The van der Waals surface area contributed by atoms with Gasteiger partial charge in [0.15, 0.2) is 5.78 Å². The van der Waals surface area contributed by atoms with Gasteiger partial charge in [0, 0.05) is 17.7 Å². The second-order valence-corrected chi connectivity index (χ2v) is 4.51. The molecule has 0 heterocycles. The van der Waals surface area contributed by atoms with Crippen LogP contribution in [0.3, 0.4) is 0 Å². The number of phenolic OH excluding ortho intramolecular Hbond substituents is 2. The lowest BCUT2D eigenvalue weighted by atomic mass is 10.1. The number of phenols is 2. The SMILES string of the molecule is COc1ccc(C(=O)C=Cc2c(O)cc(O)cc2OC)cc1. The molecular formula is C17H16O5. The highest BCUT2D eigenvalue weighted by Gasteiger charge is 2.09. The molecule has 0 aromatic heterocycles. The molecular weight excluding hydrogens is 284 g/mol. The number of ether oxygens (including phenoxy) is 2. The Kier molecular flexibility index (Phi) is 4.68. The van der Waals surface area contributed by atoms with E-state index in [-0.39, 0.29) is 23.0 Å². The van der Waals surface area contributed by atoms with Crippen molar-refractivity contribution < 1.29 is 24.5 Å². The predicted molar refractivity (Wildman–Crippen MR) is 82.7 cm³/mol. The van der Waals surface area contributed by atoms with Crippen molar-refractivity contribution >= 4 is 11.9 Å².